The van der Waals surface area contributed by atoms with Crippen molar-refractivity contribution in [3.8, 4) is 5.75 Å². The van der Waals surface area contributed by atoms with E-state index in [-0.39, 0.29) is 24.5 Å². The first-order valence-corrected chi connectivity index (χ1v) is 8.59. The predicted octanol–water partition coefficient (Wildman–Crippen LogP) is 3.02. The summed E-state index contributed by atoms with van der Waals surface area (Å²) >= 11 is 0. The summed E-state index contributed by atoms with van der Waals surface area (Å²) in [5, 5.41) is 9.18. The molecule has 1 fully saturated rings. The standard InChI is InChI=1S/C18H22N4O4/c1-3-25-15-8-4-13(5-9-15)19-18(24)22(14-6-7-14)11-17(23)20-16-10-12(2)26-21-16/h4-5,8-10,14H,3,6-7,11H2,1-2H3,(H,19,24)(H,20,21,23). The van der Waals surface area contributed by atoms with Gasteiger partial charge in [0.25, 0.3) is 0 Å². The van der Waals surface area contributed by atoms with E-state index in [1.807, 2.05) is 6.92 Å². The number of urea groups is 1. The van der Waals surface area contributed by atoms with E-state index in [9.17, 15) is 9.59 Å². The summed E-state index contributed by atoms with van der Waals surface area (Å²) in [6.45, 7) is 4.19. The Morgan fingerprint density at radius 2 is 2.00 bits per heavy atom. The minimum absolute atomic E-state index is 0.0422. The third-order valence-corrected chi connectivity index (χ3v) is 3.87. The van der Waals surface area contributed by atoms with E-state index in [0.29, 0.717) is 23.9 Å². The lowest BCUT2D eigenvalue weighted by atomic mass is 10.3. The monoisotopic (exact) mass is 358 g/mol. The van der Waals surface area contributed by atoms with Crippen LogP contribution in [0.5, 0.6) is 5.75 Å². The van der Waals surface area contributed by atoms with Crippen molar-refractivity contribution in [2.75, 3.05) is 23.8 Å². The summed E-state index contributed by atoms with van der Waals surface area (Å²) in [4.78, 5) is 26.3. The molecule has 1 aliphatic carbocycles. The average molecular weight is 358 g/mol. The van der Waals surface area contributed by atoms with Crippen molar-refractivity contribution in [1.82, 2.24) is 10.1 Å². The van der Waals surface area contributed by atoms with Gasteiger partial charge < -0.3 is 24.8 Å². The highest BCUT2D eigenvalue weighted by molar-refractivity contribution is 5.96. The molecule has 3 amide bonds. The summed E-state index contributed by atoms with van der Waals surface area (Å²) in [6, 6.07) is 8.53. The van der Waals surface area contributed by atoms with Crippen molar-refractivity contribution in [2.24, 2.45) is 0 Å². The van der Waals surface area contributed by atoms with Crippen LogP contribution >= 0.6 is 0 Å². The largest absolute Gasteiger partial charge is 0.494 e. The van der Waals surface area contributed by atoms with Gasteiger partial charge in [-0.3, -0.25) is 4.79 Å². The zero-order valence-electron chi connectivity index (χ0n) is 14.8. The second kappa shape index (κ2) is 7.90. The molecule has 138 valence electrons. The number of carbonyl (C=O) groups is 2. The Morgan fingerprint density at radius 1 is 1.27 bits per heavy atom. The number of hydrogen-bond donors (Lipinski definition) is 2. The van der Waals surface area contributed by atoms with Crippen molar-refractivity contribution in [2.45, 2.75) is 32.7 Å². The summed E-state index contributed by atoms with van der Waals surface area (Å²) in [7, 11) is 0. The predicted molar refractivity (Wildman–Crippen MR) is 96.2 cm³/mol. The number of aromatic nitrogens is 1. The molecule has 0 spiro atoms. The van der Waals surface area contributed by atoms with Crippen LogP contribution in [0.2, 0.25) is 0 Å². The molecule has 1 saturated carbocycles. The zero-order chi connectivity index (χ0) is 18.5. The van der Waals surface area contributed by atoms with Gasteiger partial charge in [-0.05, 0) is 51.0 Å². The van der Waals surface area contributed by atoms with Crippen molar-refractivity contribution >= 4 is 23.4 Å². The Morgan fingerprint density at radius 3 is 2.58 bits per heavy atom. The molecule has 0 radical (unpaired) electrons. The molecule has 0 aliphatic heterocycles. The number of benzene rings is 1. The van der Waals surface area contributed by atoms with Gasteiger partial charge in [0.05, 0.1) is 6.61 Å². The van der Waals surface area contributed by atoms with E-state index in [1.165, 1.54) is 0 Å². The fourth-order valence-corrected chi connectivity index (χ4v) is 2.51. The van der Waals surface area contributed by atoms with E-state index in [4.69, 9.17) is 9.26 Å². The average Bonchev–Trinajstić information content (AvgIpc) is 3.37. The highest BCUT2D eigenvalue weighted by atomic mass is 16.5. The van der Waals surface area contributed by atoms with Crippen LogP contribution in [0, 0.1) is 6.92 Å². The van der Waals surface area contributed by atoms with Crippen molar-refractivity contribution in [3.63, 3.8) is 0 Å². The fourth-order valence-electron chi connectivity index (χ4n) is 2.51. The quantitative estimate of drug-likeness (QED) is 0.793. The smallest absolute Gasteiger partial charge is 0.322 e. The molecule has 2 N–H and O–H groups in total. The van der Waals surface area contributed by atoms with Crippen LogP contribution < -0.4 is 15.4 Å². The summed E-state index contributed by atoms with van der Waals surface area (Å²) < 4.78 is 10.3. The highest BCUT2D eigenvalue weighted by Gasteiger charge is 2.34. The number of rotatable bonds is 7. The maximum absolute atomic E-state index is 12.6. The van der Waals surface area contributed by atoms with Crippen LogP contribution in [-0.2, 0) is 4.79 Å². The second-order valence-corrected chi connectivity index (χ2v) is 6.12. The SMILES string of the molecule is CCOc1ccc(NC(=O)N(CC(=O)Nc2cc(C)on2)C2CC2)cc1. The van der Waals surface area contributed by atoms with Gasteiger partial charge in [0, 0.05) is 17.8 Å². The van der Waals surface area contributed by atoms with Gasteiger partial charge in [-0.1, -0.05) is 5.16 Å². The van der Waals surface area contributed by atoms with Crippen LogP contribution in [-0.4, -0.2) is 41.2 Å². The van der Waals surface area contributed by atoms with Gasteiger partial charge in [-0.2, -0.15) is 0 Å². The Hall–Kier alpha value is -3.03. The Kier molecular flexibility index (Phi) is 5.40. The fraction of sp³-hybridized carbons (Fsp3) is 0.389. The molecule has 1 aromatic heterocycles. The number of aryl methyl sites for hydroxylation is 1. The number of nitrogens with one attached hydrogen (secondary N) is 2. The maximum atomic E-state index is 12.6. The number of ether oxygens (including phenoxy) is 1. The molecule has 26 heavy (non-hydrogen) atoms. The molecule has 0 atom stereocenters. The van der Waals surface area contributed by atoms with E-state index in [2.05, 4.69) is 15.8 Å². The Bertz CT molecular complexity index is 768. The minimum atomic E-state index is -0.313. The lowest BCUT2D eigenvalue weighted by molar-refractivity contribution is -0.116. The van der Waals surface area contributed by atoms with Gasteiger partial charge in [-0.25, -0.2) is 4.79 Å². The first-order valence-electron chi connectivity index (χ1n) is 8.59. The molecule has 1 aliphatic rings. The molecule has 8 heteroatoms. The molecule has 0 saturated heterocycles. The third-order valence-electron chi connectivity index (χ3n) is 3.87. The van der Waals surface area contributed by atoms with Gasteiger partial charge in [0.1, 0.15) is 18.1 Å². The lowest BCUT2D eigenvalue weighted by Gasteiger charge is -2.22. The van der Waals surface area contributed by atoms with Crippen LogP contribution in [0.15, 0.2) is 34.9 Å². The maximum Gasteiger partial charge on any atom is 0.322 e. The van der Waals surface area contributed by atoms with Gasteiger partial charge in [-0.15, -0.1) is 0 Å². The first kappa shape index (κ1) is 17.8. The Labute approximate surface area is 151 Å². The second-order valence-electron chi connectivity index (χ2n) is 6.12. The Balaban J connectivity index is 1.58. The van der Waals surface area contributed by atoms with Crippen molar-refractivity contribution < 1.29 is 18.8 Å². The van der Waals surface area contributed by atoms with E-state index >= 15 is 0 Å². The van der Waals surface area contributed by atoms with Crippen molar-refractivity contribution in [3.05, 3.63) is 36.1 Å². The molecule has 0 bridgehead atoms. The molecule has 8 nitrogen and oxygen atoms in total. The highest BCUT2D eigenvalue weighted by Crippen LogP contribution is 2.27. The van der Waals surface area contributed by atoms with Crippen LogP contribution in [0.4, 0.5) is 16.3 Å². The van der Waals surface area contributed by atoms with E-state index in [0.717, 1.165) is 18.6 Å². The zero-order valence-corrected chi connectivity index (χ0v) is 14.8. The summed E-state index contributed by atoms with van der Waals surface area (Å²) in [5.41, 5.74) is 0.650. The van der Waals surface area contributed by atoms with Gasteiger partial charge >= 0.3 is 6.03 Å². The molecule has 0 unspecified atom stereocenters. The van der Waals surface area contributed by atoms with Crippen LogP contribution in [0.1, 0.15) is 25.5 Å². The number of carbonyl (C=O) groups excluding carboxylic acids is 2. The van der Waals surface area contributed by atoms with E-state index < -0.39 is 0 Å². The first-order chi connectivity index (χ1) is 12.5. The number of anilines is 2. The summed E-state index contributed by atoms with van der Waals surface area (Å²) in [5.74, 6) is 1.38. The number of amides is 3. The topological polar surface area (TPSA) is 96.7 Å². The van der Waals surface area contributed by atoms with Gasteiger partial charge in [0.15, 0.2) is 5.82 Å². The third kappa shape index (κ3) is 4.75. The summed E-state index contributed by atoms with van der Waals surface area (Å²) in [6.07, 6.45) is 1.79. The van der Waals surface area contributed by atoms with Crippen molar-refractivity contribution in [1.29, 1.82) is 0 Å². The molecule has 1 aromatic carbocycles. The van der Waals surface area contributed by atoms with Gasteiger partial charge in [0.2, 0.25) is 5.91 Å². The van der Waals surface area contributed by atoms with Crippen LogP contribution in [0.25, 0.3) is 0 Å². The van der Waals surface area contributed by atoms with Crippen LogP contribution in [0.3, 0.4) is 0 Å². The number of nitrogens with zero attached hydrogens (tertiary/aromatic N) is 2. The minimum Gasteiger partial charge on any atom is -0.494 e. The molecule has 3 rings (SSSR count). The van der Waals surface area contributed by atoms with E-state index in [1.54, 1.807) is 42.2 Å². The molecular weight excluding hydrogens is 336 g/mol. The lowest BCUT2D eigenvalue weighted by Crippen LogP contribution is -2.42. The number of hydrogen-bond acceptors (Lipinski definition) is 5. The molecular formula is C18H22N4O4. The molecule has 1 heterocycles. The molecule has 2 aromatic rings. The normalized spacial score (nSPS) is 13.2.